The third-order valence-corrected chi connectivity index (χ3v) is 11.8. The van der Waals surface area contributed by atoms with Gasteiger partial charge in [-0.15, -0.1) is 0 Å². The zero-order chi connectivity index (χ0) is 23.1. The van der Waals surface area contributed by atoms with Gasteiger partial charge in [0.15, 0.2) is 0 Å². The van der Waals surface area contributed by atoms with Gasteiger partial charge >= 0.3 is 5.97 Å². The highest BCUT2D eigenvalue weighted by molar-refractivity contribution is 5.84. The van der Waals surface area contributed by atoms with E-state index in [1.807, 2.05) is 6.92 Å². The van der Waals surface area contributed by atoms with Gasteiger partial charge in [-0.3, -0.25) is 9.59 Å². The zero-order valence-electron chi connectivity index (χ0n) is 20.4. The molecule has 5 aliphatic carbocycles. The SMILES string of the molecule is CC(=O)O[C@@H]1CC[C@]2(C)[C@@H]3CC[C@]4(C)[C@H](C[C@@H]5CCCC[C@@]54C(C)=O)[C@H]3C[C@H](O)[C@@]2(O)C1. The van der Waals surface area contributed by atoms with Crippen molar-refractivity contribution >= 4 is 11.8 Å². The molecule has 2 N–H and O–H groups in total. The second kappa shape index (κ2) is 7.28. The Labute approximate surface area is 192 Å². The van der Waals surface area contributed by atoms with Crippen LogP contribution in [0.3, 0.4) is 0 Å². The molecule has 180 valence electrons. The van der Waals surface area contributed by atoms with Crippen LogP contribution in [0.1, 0.15) is 98.3 Å². The number of aliphatic hydroxyl groups excluding tert-OH is 1. The monoisotopic (exact) mass is 446 g/mol. The third-order valence-electron chi connectivity index (χ3n) is 11.8. The van der Waals surface area contributed by atoms with Crippen molar-refractivity contribution in [2.45, 2.75) is 116 Å². The summed E-state index contributed by atoms with van der Waals surface area (Å²) in [5.41, 5.74) is -1.78. The summed E-state index contributed by atoms with van der Waals surface area (Å²) in [5, 5.41) is 23.3. The molecule has 0 aromatic rings. The molecule has 5 heteroatoms. The molecule has 0 spiro atoms. The van der Waals surface area contributed by atoms with Crippen molar-refractivity contribution in [3.05, 3.63) is 0 Å². The number of ketones is 1. The number of fused-ring (bicyclic) bond motifs is 7. The van der Waals surface area contributed by atoms with E-state index in [1.54, 1.807) is 0 Å². The van der Waals surface area contributed by atoms with Crippen LogP contribution in [0.4, 0.5) is 0 Å². The van der Waals surface area contributed by atoms with Crippen LogP contribution in [-0.2, 0) is 14.3 Å². The summed E-state index contributed by atoms with van der Waals surface area (Å²) < 4.78 is 5.48. The number of rotatable bonds is 2. The number of aliphatic hydroxyl groups is 2. The maximum Gasteiger partial charge on any atom is 0.302 e. The van der Waals surface area contributed by atoms with Crippen molar-refractivity contribution < 1.29 is 24.5 Å². The fourth-order valence-electron chi connectivity index (χ4n) is 10.4. The number of carbonyl (C=O) groups is 2. The average Bonchev–Trinajstić information content (AvgIpc) is 3.00. The first kappa shape index (κ1) is 22.8. The highest BCUT2D eigenvalue weighted by atomic mass is 16.5. The first-order chi connectivity index (χ1) is 15.0. The Hall–Kier alpha value is -0.940. The van der Waals surface area contributed by atoms with Crippen LogP contribution in [0.25, 0.3) is 0 Å². The molecular weight excluding hydrogens is 404 g/mol. The number of Topliss-reactive ketones (excluding diaryl/α,β-unsaturated/α-hetero) is 1. The highest BCUT2D eigenvalue weighted by Crippen LogP contribution is 2.74. The Morgan fingerprint density at radius 3 is 2.31 bits per heavy atom. The molecule has 0 bridgehead atoms. The number of hydrogen-bond acceptors (Lipinski definition) is 5. The van der Waals surface area contributed by atoms with Crippen LogP contribution >= 0.6 is 0 Å². The van der Waals surface area contributed by atoms with E-state index in [9.17, 15) is 19.8 Å². The van der Waals surface area contributed by atoms with Crippen LogP contribution in [0, 0.1) is 39.9 Å². The van der Waals surface area contributed by atoms with E-state index in [-0.39, 0.29) is 28.3 Å². The molecule has 0 unspecified atom stereocenters. The Balaban J connectivity index is 1.49. The first-order valence-electron chi connectivity index (χ1n) is 13.1. The molecule has 5 rings (SSSR count). The van der Waals surface area contributed by atoms with Crippen molar-refractivity contribution in [3.63, 3.8) is 0 Å². The largest absolute Gasteiger partial charge is 0.462 e. The molecule has 0 aromatic carbocycles. The number of hydrogen-bond donors (Lipinski definition) is 2. The third kappa shape index (κ3) is 2.70. The quantitative estimate of drug-likeness (QED) is 0.614. The molecule has 0 aliphatic heterocycles. The molecule has 10 atom stereocenters. The molecule has 0 aromatic heterocycles. The second-order valence-electron chi connectivity index (χ2n) is 12.6. The summed E-state index contributed by atoms with van der Waals surface area (Å²) in [6.45, 7) is 7.83. The molecule has 0 radical (unpaired) electrons. The Morgan fingerprint density at radius 1 is 0.906 bits per heavy atom. The maximum atomic E-state index is 13.2. The van der Waals surface area contributed by atoms with Crippen molar-refractivity contribution in [2.24, 2.45) is 39.9 Å². The summed E-state index contributed by atoms with van der Waals surface area (Å²) in [7, 11) is 0. The van der Waals surface area contributed by atoms with E-state index in [0.29, 0.717) is 42.3 Å². The maximum absolute atomic E-state index is 13.2. The van der Waals surface area contributed by atoms with Gasteiger partial charge < -0.3 is 14.9 Å². The van der Waals surface area contributed by atoms with Crippen LogP contribution in [-0.4, -0.2) is 39.8 Å². The van der Waals surface area contributed by atoms with Crippen LogP contribution in [0.5, 0.6) is 0 Å². The summed E-state index contributed by atoms with van der Waals surface area (Å²) in [4.78, 5) is 24.8. The van der Waals surface area contributed by atoms with Crippen molar-refractivity contribution in [1.29, 1.82) is 0 Å². The lowest BCUT2D eigenvalue weighted by Crippen LogP contribution is -2.69. The van der Waals surface area contributed by atoms with Crippen molar-refractivity contribution in [1.82, 2.24) is 0 Å². The van der Waals surface area contributed by atoms with Gasteiger partial charge in [0.1, 0.15) is 11.9 Å². The van der Waals surface area contributed by atoms with Gasteiger partial charge in [0.2, 0.25) is 0 Å². The minimum absolute atomic E-state index is 0.00552. The van der Waals surface area contributed by atoms with E-state index in [1.165, 1.54) is 13.3 Å². The van der Waals surface area contributed by atoms with Gasteiger partial charge in [-0.05, 0) is 87.4 Å². The summed E-state index contributed by atoms with van der Waals surface area (Å²) >= 11 is 0. The first-order valence-corrected chi connectivity index (χ1v) is 13.1. The van der Waals surface area contributed by atoms with Gasteiger partial charge in [-0.2, -0.15) is 0 Å². The minimum Gasteiger partial charge on any atom is -0.462 e. The normalized spacial score (nSPS) is 54.6. The topological polar surface area (TPSA) is 83.8 Å². The Kier molecular flexibility index (Phi) is 5.19. The van der Waals surface area contributed by atoms with Gasteiger partial charge in [0.05, 0.1) is 11.7 Å². The summed E-state index contributed by atoms with van der Waals surface area (Å²) in [6.07, 6.45) is 9.06. The van der Waals surface area contributed by atoms with Crippen LogP contribution < -0.4 is 0 Å². The van der Waals surface area contributed by atoms with E-state index in [0.717, 1.165) is 51.4 Å². The molecule has 0 amide bonds. The molecule has 0 saturated heterocycles. The molecule has 5 nitrogen and oxygen atoms in total. The fraction of sp³-hybridized carbons (Fsp3) is 0.926. The summed E-state index contributed by atoms with van der Waals surface area (Å²) in [6, 6.07) is 0. The molecule has 5 aliphatic rings. The second-order valence-corrected chi connectivity index (χ2v) is 12.6. The highest BCUT2D eigenvalue weighted by Gasteiger charge is 2.72. The van der Waals surface area contributed by atoms with Crippen LogP contribution in [0.15, 0.2) is 0 Å². The molecule has 5 saturated carbocycles. The van der Waals surface area contributed by atoms with E-state index >= 15 is 0 Å². The molecular formula is C27H42O5. The van der Waals surface area contributed by atoms with Gasteiger partial charge in [-0.1, -0.05) is 26.7 Å². The van der Waals surface area contributed by atoms with E-state index in [4.69, 9.17) is 4.74 Å². The number of ether oxygens (including phenoxy) is 1. The number of carbonyl (C=O) groups excluding carboxylic acids is 2. The lowest BCUT2D eigenvalue weighted by Gasteiger charge is -2.66. The predicted molar refractivity (Wildman–Crippen MR) is 121 cm³/mol. The lowest BCUT2D eigenvalue weighted by atomic mass is 9.41. The van der Waals surface area contributed by atoms with Gasteiger partial charge in [0, 0.05) is 24.2 Å². The van der Waals surface area contributed by atoms with Crippen LogP contribution in [0.2, 0.25) is 0 Å². The lowest BCUT2D eigenvalue weighted by molar-refractivity contribution is -0.267. The Bertz CT molecular complexity index is 810. The van der Waals surface area contributed by atoms with Gasteiger partial charge in [-0.25, -0.2) is 0 Å². The van der Waals surface area contributed by atoms with E-state index in [2.05, 4.69) is 13.8 Å². The zero-order valence-corrected chi connectivity index (χ0v) is 20.4. The van der Waals surface area contributed by atoms with E-state index < -0.39 is 11.7 Å². The minimum atomic E-state index is -1.22. The number of esters is 1. The smallest absolute Gasteiger partial charge is 0.302 e. The Morgan fingerprint density at radius 2 is 1.62 bits per heavy atom. The molecule has 5 fully saturated rings. The molecule has 32 heavy (non-hydrogen) atoms. The summed E-state index contributed by atoms with van der Waals surface area (Å²) in [5.74, 6) is 1.69. The average molecular weight is 447 g/mol. The molecule has 0 heterocycles. The standard InChI is InChI=1S/C27H42O5/c1-16(28)26-10-6-5-7-18(26)13-22-20-14-23(30)27(31)15-19(32-17(2)29)8-11-25(27,4)21(20)9-12-24(22,26)3/h18-23,30-31H,5-15H2,1-4H3/t18-,19+,20-,21+,22+,23-,24+,25+,26+,27-/m0/s1. The fourth-order valence-corrected chi connectivity index (χ4v) is 10.4. The van der Waals surface area contributed by atoms with Crippen molar-refractivity contribution in [2.75, 3.05) is 0 Å². The van der Waals surface area contributed by atoms with Gasteiger partial charge in [0.25, 0.3) is 0 Å². The predicted octanol–water partition coefficient (Wildman–Crippen LogP) is 4.42. The van der Waals surface area contributed by atoms with Crippen molar-refractivity contribution in [3.8, 4) is 0 Å².